The minimum absolute atomic E-state index is 0.0119. The first-order chi connectivity index (χ1) is 20.3. The fourth-order valence-corrected chi connectivity index (χ4v) is 6.82. The third-order valence-corrected chi connectivity index (χ3v) is 10.2. The molecule has 2 atom stereocenters. The molecule has 1 N–H and O–H groups in total. The van der Waals surface area contributed by atoms with Gasteiger partial charge in [-0.25, -0.2) is 8.42 Å². The van der Waals surface area contributed by atoms with E-state index in [1.807, 2.05) is 20.8 Å². The summed E-state index contributed by atoms with van der Waals surface area (Å²) < 4.78 is 35.0. The Hall–Kier alpha value is -2.79. The largest absolute Gasteiger partial charge is 0.496 e. The second-order valence-corrected chi connectivity index (χ2v) is 13.7. The van der Waals surface area contributed by atoms with Crippen molar-refractivity contribution in [3.05, 3.63) is 86.3 Å². The lowest BCUT2D eigenvalue weighted by atomic mass is 10.1. The summed E-state index contributed by atoms with van der Waals surface area (Å²) in [6, 6.07) is 15.2. The zero-order chi connectivity index (χ0) is 31.9. The summed E-state index contributed by atoms with van der Waals surface area (Å²) >= 11 is 15.7. The molecular formula is C31H36BrCl2N3O5S. The van der Waals surface area contributed by atoms with Crippen molar-refractivity contribution in [2.45, 2.75) is 64.1 Å². The highest BCUT2D eigenvalue weighted by Gasteiger charge is 2.34. The van der Waals surface area contributed by atoms with Gasteiger partial charge in [-0.3, -0.25) is 13.9 Å². The minimum atomic E-state index is -4.24. The standard InChI is InChI=1S/C31H36BrCl2N3O5S/c1-6-21(4)35-31(39)28(7-2)36(18-22-10-14-26(33)27(34)16-22)30(38)19-37(23-11-8-20(3)9-12-23)43(40,41)24-13-15-29(42-5)25(32)17-24/h8-17,21,28H,6-7,18-19H2,1-5H3,(H,35,39)/t21-,28-/m1/s1. The fraction of sp³-hybridized carbons (Fsp3) is 0.355. The topological polar surface area (TPSA) is 96.0 Å². The van der Waals surface area contributed by atoms with E-state index < -0.39 is 28.5 Å². The molecule has 0 saturated heterocycles. The molecule has 0 heterocycles. The lowest BCUT2D eigenvalue weighted by Crippen LogP contribution is -2.53. The normalized spacial score (nSPS) is 12.7. The van der Waals surface area contributed by atoms with Gasteiger partial charge in [0, 0.05) is 12.6 Å². The molecule has 3 rings (SSSR count). The first-order valence-electron chi connectivity index (χ1n) is 13.8. The molecular weight excluding hydrogens is 677 g/mol. The number of aryl methyl sites for hydroxylation is 1. The number of nitrogens with one attached hydrogen (secondary N) is 1. The van der Waals surface area contributed by atoms with Crippen LogP contribution in [0.2, 0.25) is 10.0 Å². The monoisotopic (exact) mass is 711 g/mol. The Bertz CT molecular complexity index is 1550. The van der Waals surface area contributed by atoms with Crippen LogP contribution in [0, 0.1) is 6.92 Å². The van der Waals surface area contributed by atoms with Crippen molar-refractivity contribution < 1.29 is 22.7 Å². The number of sulfonamides is 1. The SMILES string of the molecule is CC[C@@H](C)NC(=O)[C@@H](CC)N(Cc1ccc(Cl)c(Cl)c1)C(=O)CN(c1ccc(C)cc1)S(=O)(=O)c1ccc(OC)c(Br)c1. The molecule has 0 saturated carbocycles. The van der Waals surface area contributed by atoms with E-state index in [0.29, 0.717) is 44.4 Å². The Morgan fingerprint density at radius 1 is 0.977 bits per heavy atom. The van der Waals surface area contributed by atoms with Crippen LogP contribution in [0.4, 0.5) is 5.69 Å². The van der Waals surface area contributed by atoms with Gasteiger partial charge in [-0.2, -0.15) is 0 Å². The van der Waals surface area contributed by atoms with E-state index in [2.05, 4.69) is 21.2 Å². The van der Waals surface area contributed by atoms with Gasteiger partial charge in [-0.05, 0) is 90.6 Å². The second kappa shape index (κ2) is 15.3. The van der Waals surface area contributed by atoms with Gasteiger partial charge >= 0.3 is 0 Å². The van der Waals surface area contributed by atoms with Gasteiger partial charge in [0.1, 0.15) is 18.3 Å². The Morgan fingerprint density at radius 3 is 2.21 bits per heavy atom. The highest BCUT2D eigenvalue weighted by molar-refractivity contribution is 9.10. The van der Waals surface area contributed by atoms with Crippen LogP contribution >= 0.6 is 39.1 Å². The van der Waals surface area contributed by atoms with Crippen molar-refractivity contribution in [1.29, 1.82) is 0 Å². The first-order valence-corrected chi connectivity index (χ1v) is 16.8. The molecule has 43 heavy (non-hydrogen) atoms. The van der Waals surface area contributed by atoms with Crippen molar-refractivity contribution in [2.75, 3.05) is 18.0 Å². The van der Waals surface area contributed by atoms with Gasteiger partial charge in [0.2, 0.25) is 11.8 Å². The van der Waals surface area contributed by atoms with Crippen LogP contribution in [-0.2, 0) is 26.2 Å². The molecule has 8 nitrogen and oxygen atoms in total. The number of halogens is 3. The number of hydrogen-bond acceptors (Lipinski definition) is 5. The van der Waals surface area contributed by atoms with Gasteiger partial charge in [-0.15, -0.1) is 0 Å². The van der Waals surface area contributed by atoms with Crippen LogP contribution in [0.15, 0.2) is 70.0 Å². The molecule has 232 valence electrons. The van der Waals surface area contributed by atoms with Crippen molar-refractivity contribution in [2.24, 2.45) is 0 Å². The molecule has 0 fully saturated rings. The van der Waals surface area contributed by atoms with Crippen LogP contribution in [-0.4, -0.2) is 50.9 Å². The summed E-state index contributed by atoms with van der Waals surface area (Å²) in [6.07, 6.45) is 1.01. The Kier molecular flexibility index (Phi) is 12.3. The molecule has 0 bridgehead atoms. The minimum Gasteiger partial charge on any atom is -0.496 e. The Balaban J connectivity index is 2.09. The van der Waals surface area contributed by atoms with Crippen LogP contribution in [0.3, 0.4) is 0 Å². The zero-order valence-electron chi connectivity index (χ0n) is 24.7. The molecule has 0 radical (unpaired) electrons. The number of ether oxygens (including phenoxy) is 1. The number of carbonyl (C=O) groups is 2. The van der Waals surface area contributed by atoms with Crippen molar-refractivity contribution in [1.82, 2.24) is 10.2 Å². The van der Waals surface area contributed by atoms with Crippen LogP contribution in [0.25, 0.3) is 0 Å². The molecule has 12 heteroatoms. The van der Waals surface area contributed by atoms with E-state index in [1.165, 1.54) is 30.2 Å². The molecule has 0 unspecified atom stereocenters. The second-order valence-electron chi connectivity index (χ2n) is 10.2. The lowest BCUT2D eigenvalue weighted by molar-refractivity contribution is -0.140. The van der Waals surface area contributed by atoms with Crippen molar-refractivity contribution >= 4 is 66.7 Å². The predicted molar refractivity (Wildman–Crippen MR) is 175 cm³/mol. The Labute approximate surface area is 272 Å². The maximum atomic E-state index is 14.2. The van der Waals surface area contributed by atoms with Gasteiger partial charge < -0.3 is 15.0 Å². The molecule has 0 aromatic heterocycles. The molecule has 0 aliphatic rings. The number of anilines is 1. The maximum absolute atomic E-state index is 14.2. The smallest absolute Gasteiger partial charge is 0.264 e. The van der Waals surface area contributed by atoms with Gasteiger partial charge in [0.05, 0.1) is 32.2 Å². The quantitative estimate of drug-likeness (QED) is 0.206. The molecule has 0 spiro atoms. The molecule has 3 aromatic carbocycles. The first kappa shape index (κ1) is 34.7. The van der Waals surface area contributed by atoms with Crippen molar-refractivity contribution in [3.8, 4) is 5.75 Å². The van der Waals surface area contributed by atoms with Crippen molar-refractivity contribution in [3.63, 3.8) is 0 Å². The molecule has 2 amide bonds. The summed E-state index contributed by atoms with van der Waals surface area (Å²) in [5.74, 6) is -0.425. The highest BCUT2D eigenvalue weighted by Crippen LogP contribution is 2.31. The van der Waals surface area contributed by atoms with Gasteiger partial charge in [-0.1, -0.05) is 60.8 Å². The van der Waals surface area contributed by atoms with E-state index in [0.717, 1.165) is 9.87 Å². The number of amides is 2. The predicted octanol–water partition coefficient (Wildman–Crippen LogP) is 6.99. The zero-order valence-corrected chi connectivity index (χ0v) is 28.6. The number of nitrogens with zero attached hydrogens (tertiary/aromatic N) is 2. The number of carbonyl (C=O) groups excluding carboxylic acids is 2. The molecule has 0 aliphatic carbocycles. The number of benzene rings is 3. The van der Waals surface area contributed by atoms with E-state index in [-0.39, 0.29) is 23.4 Å². The summed E-state index contributed by atoms with van der Waals surface area (Å²) in [5, 5.41) is 3.61. The number of methoxy groups -OCH3 is 1. The van der Waals surface area contributed by atoms with Crippen LogP contribution in [0.1, 0.15) is 44.7 Å². The van der Waals surface area contributed by atoms with Gasteiger partial charge in [0.25, 0.3) is 10.0 Å². The van der Waals surface area contributed by atoms with Crippen LogP contribution < -0.4 is 14.4 Å². The molecule has 0 aliphatic heterocycles. The lowest BCUT2D eigenvalue weighted by Gasteiger charge is -2.34. The Morgan fingerprint density at radius 2 is 1.65 bits per heavy atom. The van der Waals surface area contributed by atoms with E-state index in [1.54, 1.807) is 49.4 Å². The van der Waals surface area contributed by atoms with E-state index in [9.17, 15) is 18.0 Å². The van der Waals surface area contributed by atoms with Crippen LogP contribution in [0.5, 0.6) is 5.75 Å². The third kappa shape index (κ3) is 8.65. The van der Waals surface area contributed by atoms with Gasteiger partial charge in [0.15, 0.2) is 0 Å². The maximum Gasteiger partial charge on any atom is 0.264 e. The average Bonchev–Trinajstić information content (AvgIpc) is 2.97. The average molecular weight is 714 g/mol. The highest BCUT2D eigenvalue weighted by atomic mass is 79.9. The summed E-state index contributed by atoms with van der Waals surface area (Å²) in [7, 11) is -2.76. The number of rotatable bonds is 13. The van der Waals surface area contributed by atoms with E-state index in [4.69, 9.17) is 27.9 Å². The third-order valence-electron chi connectivity index (χ3n) is 7.04. The number of hydrogen-bond donors (Lipinski definition) is 1. The summed E-state index contributed by atoms with van der Waals surface area (Å²) in [4.78, 5) is 29.0. The summed E-state index contributed by atoms with van der Waals surface area (Å²) in [5.41, 5.74) is 1.87. The molecule has 3 aromatic rings. The summed E-state index contributed by atoms with van der Waals surface area (Å²) in [6.45, 7) is 6.98. The van der Waals surface area contributed by atoms with E-state index >= 15 is 0 Å². The fourth-order valence-electron chi connectivity index (χ4n) is 4.37.